The predicted molar refractivity (Wildman–Crippen MR) is 122 cm³/mol. The molecule has 2 aliphatic carbocycles. The van der Waals surface area contributed by atoms with Gasteiger partial charge < -0.3 is 5.32 Å². The molecule has 2 saturated heterocycles. The number of anilines is 1. The van der Waals surface area contributed by atoms with Crippen LogP contribution in [0, 0.1) is 0 Å². The maximum absolute atomic E-state index is 12.9. The van der Waals surface area contributed by atoms with Crippen molar-refractivity contribution >= 4 is 21.7 Å². The molecule has 7 nitrogen and oxygen atoms in total. The molecule has 31 heavy (non-hydrogen) atoms. The Bertz CT molecular complexity index is 953. The standard InChI is InChI=1S/C23H34N4O3S/c1-15(2)27-12-18(13-27)26-10-9-19(14-26)31(29,30)25-23(28)24-22-20-7-3-5-16(20)11-17-6-4-8-21(17)22/h11,15,18-19H,3-10,12-14H2,1-2H3,(H2,24,25,28). The van der Waals surface area contributed by atoms with Gasteiger partial charge in [-0.1, -0.05) is 6.07 Å². The molecule has 1 aromatic rings. The smallest absolute Gasteiger partial charge is 0.307 e. The zero-order valence-corrected chi connectivity index (χ0v) is 19.4. The topological polar surface area (TPSA) is 81.8 Å². The number of carbonyl (C=O) groups excluding carboxylic acids is 1. The Morgan fingerprint density at radius 1 is 1.03 bits per heavy atom. The van der Waals surface area contributed by atoms with Crippen LogP contribution in [-0.2, 0) is 35.7 Å². The normalized spacial score (nSPS) is 24.3. The summed E-state index contributed by atoms with van der Waals surface area (Å²) in [6, 6.07) is 2.66. The van der Waals surface area contributed by atoms with Crippen LogP contribution in [0.15, 0.2) is 6.07 Å². The van der Waals surface area contributed by atoms with E-state index in [2.05, 4.69) is 39.8 Å². The Labute approximate surface area is 185 Å². The van der Waals surface area contributed by atoms with E-state index >= 15 is 0 Å². The summed E-state index contributed by atoms with van der Waals surface area (Å²) in [4.78, 5) is 17.4. The van der Waals surface area contributed by atoms with Gasteiger partial charge >= 0.3 is 6.03 Å². The highest BCUT2D eigenvalue weighted by atomic mass is 32.2. The number of hydrogen-bond donors (Lipinski definition) is 2. The molecule has 4 aliphatic rings. The summed E-state index contributed by atoms with van der Waals surface area (Å²) in [5.41, 5.74) is 5.94. The molecular formula is C23H34N4O3S. The number of rotatable bonds is 5. The molecule has 2 aliphatic heterocycles. The van der Waals surface area contributed by atoms with Crippen molar-refractivity contribution in [2.75, 3.05) is 31.5 Å². The minimum Gasteiger partial charge on any atom is -0.307 e. The van der Waals surface area contributed by atoms with E-state index in [-0.39, 0.29) is 0 Å². The van der Waals surface area contributed by atoms with Crippen LogP contribution in [0.5, 0.6) is 0 Å². The molecule has 0 aromatic heterocycles. The van der Waals surface area contributed by atoms with Crippen molar-refractivity contribution < 1.29 is 13.2 Å². The Balaban J connectivity index is 1.23. The van der Waals surface area contributed by atoms with Crippen LogP contribution in [0.2, 0.25) is 0 Å². The lowest BCUT2D eigenvalue weighted by atomic mass is 9.99. The molecule has 0 radical (unpaired) electrons. The molecule has 2 amide bonds. The number of hydrogen-bond acceptors (Lipinski definition) is 5. The predicted octanol–water partition coefficient (Wildman–Crippen LogP) is 2.28. The van der Waals surface area contributed by atoms with Crippen molar-refractivity contribution in [2.45, 2.75) is 76.1 Å². The third-order valence-electron chi connectivity index (χ3n) is 7.70. The largest absolute Gasteiger partial charge is 0.332 e. The lowest BCUT2D eigenvalue weighted by Gasteiger charge is -2.46. The number of likely N-dealkylation sites (tertiary alicyclic amines) is 2. The highest BCUT2D eigenvalue weighted by Gasteiger charge is 2.41. The van der Waals surface area contributed by atoms with Crippen LogP contribution in [0.25, 0.3) is 0 Å². The first-order valence-electron chi connectivity index (χ1n) is 11.8. The number of fused-ring (bicyclic) bond motifs is 2. The summed E-state index contributed by atoms with van der Waals surface area (Å²) in [6.45, 7) is 7.67. The van der Waals surface area contributed by atoms with Crippen LogP contribution in [0.3, 0.4) is 0 Å². The average molecular weight is 447 g/mol. The molecule has 2 N–H and O–H groups in total. The highest BCUT2D eigenvalue weighted by Crippen LogP contribution is 2.38. The lowest BCUT2D eigenvalue weighted by Crippen LogP contribution is -2.61. The Morgan fingerprint density at radius 3 is 2.29 bits per heavy atom. The van der Waals surface area contributed by atoms with Crippen LogP contribution in [0.4, 0.5) is 10.5 Å². The van der Waals surface area contributed by atoms with Gasteiger partial charge in [0.1, 0.15) is 0 Å². The summed E-state index contributed by atoms with van der Waals surface area (Å²) in [5, 5.41) is 2.42. The number of urea groups is 1. The second kappa shape index (κ2) is 8.05. The van der Waals surface area contributed by atoms with E-state index in [1.165, 1.54) is 22.3 Å². The zero-order valence-electron chi connectivity index (χ0n) is 18.6. The lowest BCUT2D eigenvalue weighted by molar-refractivity contribution is 0.0260. The van der Waals surface area contributed by atoms with Gasteiger partial charge in [-0.25, -0.2) is 17.9 Å². The maximum atomic E-state index is 12.9. The molecule has 0 bridgehead atoms. The van der Waals surface area contributed by atoms with Gasteiger partial charge in [-0.15, -0.1) is 0 Å². The van der Waals surface area contributed by atoms with Gasteiger partial charge in [-0.3, -0.25) is 9.80 Å². The number of sulfonamides is 1. The fourth-order valence-corrected chi connectivity index (χ4v) is 7.08. The monoisotopic (exact) mass is 446 g/mol. The first-order chi connectivity index (χ1) is 14.8. The van der Waals surface area contributed by atoms with E-state index in [9.17, 15) is 13.2 Å². The summed E-state index contributed by atoms with van der Waals surface area (Å²) in [6.07, 6.45) is 6.78. The minimum atomic E-state index is -3.71. The maximum Gasteiger partial charge on any atom is 0.332 e. The number of amides is 2. The van der Waals surface area contributed by atoms with Crippen LogP contribution >= 0.6 is 0 Å². The molecule has 2 heterocycles. The third-order valence-corrected chi connectivity index (χ3v) is 9.43. The fraction of sp³-hybridized carbons (Fsp3) is 0.696. The van der Waals surface area contributed by atoms with Gasteiger partial charge in [-0.05, 0) is 87.6 Å². The van der Waals surface area contributed by atoms with E-state index in [4.69, 9.17) is 0 Å². The summed E-state index contributed by atoms with van der Waals surface area (Å²) < 4.78 is 28.2. The number of nitrogens with zero attached hydrogens (tertiary/aromatic N) is 2. The first kappa shape index (κ1) is 21.2. The summed E-state index contributed by atoms with van der Waals surface area (Å²) in [7, 11) is -3.71. The molecule has 5 rings (SSSR count). The van der Waals surface area contributed by atoms with Crippen LogP contribution in [0.1, 0.15) is 55.4 Å². The zero-order chi connectivity index (χ0) is 21.8. The number of aryl methyl sites for hydroxylation is 2. The highest BCUT2D eigenvalue weighted by molar-refractivity contribution is 7.90. The van der Waals surface area contributed by atoms with Gasteiger partial charge in [-0.2, -0.15) is 0 Å². The van der Waals surface area contributed by atoms with Crippen molar-refractivity contribution in [3.63, 3.8) is 0 Å². The molecule has 0 spiro atoms. The van der Waals surface area contributed by atoms with Gasteiger partial charge in [0.25, 0.3) is 0 Å². The van der Waals surface area contributed by atoms with Crippen molar-refractivity contribution in [3.8, 4) is 0 Å². The summed E-state index contributed by atoms with van der Waals surface area (Å²) >= 11 is 0. The second-order valence-corrected chi connectivity index (χ2v) is 11.9. The second-order valence-electron chi connectivity index (χ2n) is 9.94. The van der Waals surface area contributed by atoms with Crippen molar-refractivity contribution in [2.24, 2.45) is 0 Å². The van der Waals surface area contributed by atoms with Crippen LogP contribution in [-0.4, -0.2) is 67.8 Å². The van der Waals surface area contributed by atoms with E-state index in [1.54, 1.807) is 0 Å². The van der Waals surface area contributed by atoms with Crippen molar-refractivity contribution in [1.29, 1.82) is 0 Å². The summed E-state index contributed by atoms with van der Waals surface area (Å²) in [5.74, 6) is 0. The molecule has 0 saturated carbocycles. The number of benzene rings is 1. The van der Waals surface area contributed by atoms with Gasteiger partial charge in [0.2, 0.25) is 10.0 Å². The third kappa shape index (κ3) is 3.98. The number of carbonyl (C=O) groups is 1. The van der Waals surface area contributed by atoms with E-state index < -0.39 is 21.3 Å². The van der Waals surface area contributed by atoms with Crippen molar-refractivity contribution in [1.82, 2.24) is 14.5 Å². The Hall–Kier alpha value is -1.64. The van der Waals surface area contributed by atoms with Gasteiger partial charge in [0, 0.05) is 37.4 Å². The SMILES string of the molecule is CC(C)N1CC(N2CCC(S(=O)(=O)NC(=O)Nc3c4c(cc5c3CCC5)CCC4)C2)C1. The molecule has 2 fully saturated rings. The molecular weight excluding hydrogens is 412 g/mol. The van der Waals surface area contributed by atoms with Gasteiger partial charge in [0.05, 0.1) is 5.25 Å². The van der Waals surface area contributed by atoms with Gasteiger partial charge in [0.15, 0.2) is 0 Å². The Kier molecular flexibility index (Phi) is 5.51. The van der Waals surface area contributed by atoms with E-state index in [1.807, 2.05) is 0 Å². The molecule has 8 heteroatoms. The average Bonchev–Trinajstić information content (AvgIpc) is 3.39. The molecule has 1 atom stereocenters. The van der Waals surface area contributed by atoms with E-state index in [0.29, 0.717) is 25.0 Å². The molecule has 1 unspecified atom stereocenters. The minimum absolute atomic E-state index is 0.436. The quantitative estimate of drug-likeness (QED) is 0.725. The first-order valence-corrected chi connectivity index (χ1v) is 13.3. The molecule has 1 aromatic carbocycles. The van der Waals surface area contributed by atoms with Crippen molar-refractivity contribution in [3.05, 3.63) is 28.3 Å². The van der Waals surface area contributed by atoms with E-state index in [0.717, 1.165) is 63.8 Å². The van der Waals surface area contributed by atoms with Crippen LogP contribution < -0.4 is 10.0 Å². The number of nitrogens with one attached hydrogen (secondary N) is 2. The molecule has 170 valence electrons. The fourth-order valence-electron chi connectivity index (χ4n) is 5.80. The Morgan fingerprint density at radius 2 is 1.68 bits per heavy atom.